The minimum atomic E-state index is 0.0989. The van der Waals surface area contributed by atoms with Gasteiger partial charge in [-0.25, -0.2) is 0 Å². The van der Waals surface area contributed by atoms with Gasteiger partial charge in [0.15, 0.2) is 6.21 Å². The number of nitrogens with one attached hydrogen (secondary N) is 1. The van der Waals surface area contributed by atoms with Gasteiger partial charge < -0.3 is 16.0 Å². The number of carbonyl (C=O) groups excluding carboxylic acids is 1. The summed E-state index contributed by atoms with van der Waals surface area (Å²) >= 11 is 0. The second-order valence-electron chi connectivity index (χ2n) is 4.41. The fourth-order valence-electron chi connectivity index (χ4n) is 1.95. The largest absolute Gasteiger partial charge is 0.398 e. The zero-order valence-corrected chi connectivity index (χ0v) is 11.6. The molecule has 5 heteroatoms. The van der Waals surface area contributed by atoms with Crippen LogP contribution in [0.5, 0.6) is 0 Å². The van der Waals surface area contributed by atoms with E-state index >= 15 is 0 Å². The molecule has 1 aromatic carbocycles. The molecule has 0 heterocycles. The van der Waals surface area contributed by atoms with Crippen molar-refractivity contribution in [2.75, 3.05) is 30.7 Å². The fraction of sp³-hybridized carbons (Fsp3) is 0.429. The Kier molecular flexibility index (Phi) is 5.85. The normalized spacial score (nSPS) is 10.0. The number of nitrogens with zero attached hydrogens (tertiary/aromatic N) is 1. The zero-order chi connectivity index (χ0) is 14.3. The Labute approximate surface area is 114 Å². The van der Waals surface area contributed by atoms with Crippen LogP contribution in [0.4, 0.5) is 11.4 Å². The smallest absolute Gasteiger partial charge is 0.219 e. The van der Waals surface area contributed by atoms with Gasteiger partial charge in [0.05, 0.1) is 5.56 Å². The van der Waals surface area contributed by atoms with Crippen molar-refractivity contribution < 1.29 is 10.2 Å². The quantitative estimate of drug-likeness (QED) is 0.482. The molecule has 0 radical (unpaired) electrons. The molecule has 0 aliphatic heterocycles. The van der Waals surface area contributed by atoms with Crippen LogP contribution in [0, 0.1) is 0 Å². The van der Waals surface area contributed by atoms with Gasteiger partial charge in [-0.2, -0.15) is 0 Å². The van der Waals surface area contributed by atoms with Crippen molar-refractivity contribution in [1.29, 1.82) is 0 Å². The van der Waals surface area contributed by atoms with E-state index < -0.39 is 0 Å². The van der Waals surface area contributed by atoms with Crippen LogP contribution in [0.15, 0.2) is 18.2 Å². The van der Waals surface area contributed by atoms with Crippen LogP contribution in [0.3, 0.4) is 0 Å². The second kappa shape index (κ2) is 7.41. The Bertz CT molecular complexity index is 445. The lowest BCUT2D eigenvalue weighted by Crippen LogP contribution is -2.34. The number of rotatable bonds is 7. The molecular formula is C14H23N4O+. The maximum atomic E-state index is 11.4. The van der Waals surface area contributed by atoms with E-state index in [-0.39, 0.29) is 5.91 Å². The molecule has 0 atom stereocenters. The molecule has 0 bridgehead atoms. The van der Waals surface area contributed by atoms with Crippen molar-refractivity contribution in [2.24, 2.45) is 0 Å². The Morgan fingerprint density at radius 1 is 1.47 bits per heavy atom. The molecule has 5 N–H and O–H groups in total. The Hall–Kier alpha value is -2.04. The number of nitrogens with two attached hydrogens (primary N) is 2. The topological polar surface area (TPSA) is 83.9 Å². The van der Waals surface area contributed by atoms with Gasteiger partial charge in [0.25, 0.3) is 0 Å². The molecular weight excluding hydrogens is 240 g/mol. The Balaban J connectivity index is 2.60. The van der Waals surface area contributed by atoms with Crippen LogP contribution in [0.1, 0.15) is 25.8 Å². The third-order valence-corrected chi connectivity index (χ3v) is 2.94. The van der Waals surface area contributed by atoms with Crippen LogP contribution < -0.4 is 16.5 Å². The summed E-state index contributed by atoms with van der Waals surface area (Å²) in [5, 5.41) is 8.83. The monoisotopic (exact) mass is 263 g/mol. The number of hydrogen-bond acceptors (Lipinski definition) is 3. The van der Waals surface area contributed by atoms with Gasteiger partial charge in [0.1, 0.15) is 0 Å². The predicted molar refractivity (Wildman–Crippen MR) is 79.0 cm³/mol. The highest BCUT2D eigenvalue weighted by Crippen LogP contribution is 2.18. The molecule has 0 fully saturated rings. The lowest BCUT2D eigenvalue weighted by atomic mass is 10.1. The molecule has 19 heavy (non-hydrogen) atoms. The first-order valence-electron chi connectivity index (χ1n) is 6.53. The highest BCUT2D eigenvalue weighted by Gasteiger charge is 2.08. The molecule has 0 aliphatic carbocycles. The first kappa shape index (κ1) is 15.0. The van der Waals surface area contributed by atoms with Crippen molar-refractivity contribution in [3.05, 3.63) is 23.8 Å². The molecule has 0 unspecified atom stereocenters. The summed E-state index contributed by atoms with van der Waals surface area (Å²) in [4.78, 5) is 13.2. The molecule has 0 aliphatic rings. The van der Waals surface area contributed by atoms with Crippen molar-refractivity contribution in [3.63, 3.8) is 0 Å². The fourth-order valence-corrected chi connectivity index (χ4v) is 1.95. The first-order chi connectivity index (χ1) is 9.10. The SMILES string of the molecule is CCCN(CCNc1cccc(N)c1C=[NH2+])C(C)=O. The third-order valence-electron chi connectivity index (χ3n) is 2.94. The lowest BCUT2D eigenvalue weighted by molar-refractivity contribution is -0.128. The minimum absolute atomic E-state index is 0.0989. The van der Waals surface area contributed by atoms with E-state index in [2.05, 4.69) is 12.2 Å². The summed E-state index contributed by atoms with van der Waals surface area (Å²) in [6.07, 6.45) is 2.45. The maximum Gasteiger partial charge on any atom is 0.219 e. The number of amides is 1. The molecule has 1 aromatic rings. The average molecular weight is 263 g/mol. The van der Waals surface area contributed by atoms with E-state index in [1.807, 2.05) is 23.1 Å². The number of anilines is 2. The Morgan fingerprint density at radius 2 is 2.21 bits per heavy atom. The molecule has 5 nitrogen and oxygen atoms in total. The van der Waals surface area contributed by atoms with Gasteiger partial charge in [-0.15, -0.1) is 0 Å². The predicted octanol–water partition coefficient (Wildman–Crippen LogP) is 0.117. The molecule has 0 saturated heterocycles. The molecule has 1 amide bonds. The van der Waals surface area contributed by atoms with Crippen LogP contribution in [-0.4, -0.2) is 36.7 Å². The average Bonchev–Trinajstić information content (AvgIpc) is 2.37. The number of carbonyl (C=O) groups is 1. The van der Waals surface area contributed by atoms with Crippen LogP contribution in [-0.2, 0) is 4.79 Å². The highest BCUT2D eigenvalue weighted by molar-refractivity contribution is 5.91. The summed E-state index contributed by atoms with van der Waals surface area (Å²) in [5.74, 6) is 0.0989. The number of benzene rings is 1. The van der Waals surface area contributed by atoms with Crippen molar-refractivity contribution in [2.45, 2.75) is 20.3 Å². The summed E-state index contributed by atoms with van der Waals surface area (Å²) in [5.41, 5.74) is 8.18. The zero-order valence-electron chi connectivity index (χ0n) is 11.6. The summed E-state index contributed by atoms with van der Waals surface area (Å²) in [6.45, 7) is 5.77. The third kappa shape index (κ3) is 4.28. The van der Waals surface area contributed by atoms with E-state index in [0.29, 0.717) is 18.8 Å². The first-order valence-corrected chi connectivity index (χ1v) is 6.53. The van der Waals surface area contributed by atoms with Crippen molar-refractivity contribution in [3.8, 4) is 0 Å². The van der Waals surface area contributed by atoms with Crippen LogP contribution >= 0.6 is 0 Å². The summed E-state index contributed by atoms with van der Waals surface area (Å²) in [6, 6.07) is 5.61. The number of hydrogen-bond donors (Lipinski definition) is 3. The maximum absolute atomic E-state index is 11.4. The van der Waals surface area contributed by atoms with Gasteiger partial charge in [-0.1, -0.05) is 13.0 Å². The lowest BCUT2D eigenvalue weighted by Gasteiger charge is -2.21. The van der Waals surface area contributed by atoms with Gasteiger partial charge >= 0.3 is 0 Å². The summed E-state index contributed by atoms with van der Waals surface area (Å²) < 4.78 is 0. The van der Waals surface area contributed by atoms with Crippen LogP contribution in [0.25, 0.3) is 0 Å². The van der Waals surface area contributed by atoms with Crippen LogP contribution in [0.2, 0.25) is 0 Å². The molecule has 104 valence electrons. The van der Waals surface area contributed by atoms with E-state index in [1.54, 1.807) is 6.92 Å². The van der Waals surface area contributed by atoms with Crippen molar-refractivity contribution in [1.82, 2.24) is 4.90 Å². The van der Waals surface area contributed by atoms with E-state index in [0.717, 1.165) is 24.2 Å². The summed E-state index contributed by atoms with van der Waals surface area (Å²) in [7, 11) is 0. The molecule has 0 spiro atoms. The Morgan fingerprint density at radius 3 is 2.79 bits per heavy atom. The van der Waals surface area contributed by atoms with Gasteiger partial charge in [0.2, 0.25) is 5.91 Å². The highest BCUT2D eigenvalue weighted by atomic mass is 16.2. The molecule has 0 aromatic heterocycles. The van der Waals surface area contributed by atoms with E-state index in [4.69, 9.17) is 11.1 Å². The van der Waals surface area contributed by atoms with Gasteiger partial charge in [0, 0.05) is 37.9 Å². The van der Waals surface area contributed by atoms with E-state index in [1.165, 1.54) is 6.21 Å². The molecule has 0 saturated carbocycles. The van der Waals surface area contributed by atoms with Gasteiger partial charge in [-0.3, -0.25) is 10.2 Å². The minimum Gasteiger partial charge on any atom is -0.398 e. The van der Waals surface area contributed by atoms with E-state index in [9.17, 15) is 4.79 Å². The standard InChI is InChI=1S/C14H22N4O/c1-3-8-18(11(2)19)9-7-17-14-6-4-5-13(16)12(14)10-15/h4-6,10,15,17H,3,7-9,16H2,1-2H3/p+1. The second-order valence-corrected chi connectivity index (χ2v) is 4.41. The number of nitrogen functional groups attached to an aromatic ring is 1. The molecule has 1 rings (SSSR count). The van der Waals surface area contributed by atoms with Crippen molar-refractivity contribution >= 4 is 23.5 Å². The van der Waals surface area contributed by atoms with Gasteiger partial charge in [-0.05, 0) is 18.6 Å².